The lowest BCUT2D eigenvalue weighted by molar-refractivity contribution is 0.601. The van der Waals surface area contributed by atoms with Crippen LogP contribution in [0, 0.1) is 0 Å². The third-order valence-electron chi connectivity index (χ3n) is 2.40. The van der Waals surface area contributed by atoms with Gasteiger partial charge in [-0.3, -0.25) is 0 Å². The molecule has 0 fully saturated rings. The fraction of sp³-hybridized carbons (Fsp3) is 0.333. The van der Waals surface area contributed by atoms with Crippen molar-refractivity contribution in [1.29, 1.82) is 0 Å². The molecule has 0 aromatic heterocycles. The third kappa shape index (κ3) is 2.93. The number of benzene rings is 1. The highest BCUT2D eigenvalue weighted by Crippen LogP contribution is 2.22. The summed E-state index contributed by atoms with van der Waals surface area (Å²) in [5, 5.41) is 3.10. The van der Waals surface area contributed by atoms with Crippen LogP contribution < -0.4 is 5.32 Å². The summed E-state index contributed by atoms with van der Waals surface area (Å²) >= 11 is 0. The minimum atomic E-state index is -3.15. The first-order valence-electron chi connectivity index (χ1n) is 4.99. The SMILES string of the molecule is C=C(C)C(NC)c1cccc(S(C)(=O)=O)c1. The molecule has 88 valence electrons. The molecule has 0 spiro atoms. The van der Waals surface area contributed by atoms with Gasteiger partial charge in [-0.25, -0.2) is 8.42 Å². The van der Waals surface area contributed by atoms with Crippen LogP contribution in [-0.4, -0.2) is 21.7 Å². The molecule has 1 aromatic carbocycles. The normalized spacial score (nSPS) is 13.4. The molecule has 1 unspecified atom stereocenters. The Hall–Kier alpha value is -1.13. The average Bonchev–Trinajstić information content (AvgIpc) is 2.17. The van der Waals surface area contributed by atoms with E-state index < -0.39 is 9.84 Å². The predicted molar refractivity (Wildman–Crippen MR) is 66.2 cm³/mol. The minimum Gasteiger partial charge on any atom is -0.310 e. The molecule has 0 heterocycles. The number of likely N-dealkylation sites (N-methyl/N-ethyl adjacent to an activating group) is 1. The van der Waals surface area contributed by atoms with Crippen LogP contribution in [0.3, 0.4) is 0 Å². The fourth-order valence-electron chi connectivity index (χ4n) is 1.62. The van der Waals surface area contributed by atoms with E-state index >= 15 is 0 Å². The molecule has 0 saturated heterocycles. The molecule has 16 heavy (non-hydrogen) atoms. The van der Waals surface area contributed by atoms with Gasteiger partial charge < -0.3 is 5.32 Å². The number of rotatable bonds is 4. The van der Waals surface area contributed by atoms with Crippen molar-refractivity contribution in [2.75, 3.05) is 13.3 Å². The van der Waals surface area contributed by atoms with Gasteiger partial charge in [0.1, 0.15) is 0 Å². The second kappa shape index (κ2) is 4.80. The molecular weight excluding hydrogens is 222 g/mol. The highest BCUT2D eigenvalue weighted by atomic mass is 32.2. The molecule has 0 aliphatic heterocycles. The third-order valence-corrected chi connectivity index (χ3v) is 3.51. The molecule has 1 N–H and O–H groups in total. The first kappa shape index (κ1) is 12.9. The van der Waals surface area contributed by atoms with Crippen LogP contribution in [0.4, 0.5) is 0 Å². The van der Waals surface area contributed by atoms with Crippen LogP contribution in [0.15, 0.2) is 41.3 Å². The van der Waals surface area contributed by atoms with Crippen molar-refractivity contribution in [3.05, 3.63) is 42.0 Å². The average molecular weight is 239 g/mol. The predicted octanol–water partition coefficient (Wildman–Crippen LogP) is 1.93. The Morgan fingerprint density at radius 3 is 2.50 bits per heavy atom. The van der Waals surface area contributed by atoms with Gasteiger partial charge >= 0.3 is 0 Å². The maximum atomic E-state index is 11.4. The number of nitrogens with one attached hydrogen (secondary N) is 1. The van der Waals surface area contributed by atoms with Gasteiger partial charge in [0.05, 0.1) is 10.9 Å². The molecule has 0 saturated carbocycles. The lowest BCUT2D eigenvalue weighted by Gasteiger charge is -2.17. The lowest BCUT2D eigenvalue weighted by Crippen LogP contribution is -2.17. The summed E-state index contributed by atoms with van der Waals surface area (Å²) in [7, 11) is -1.32. The summed E-state index contributed by atoms with van der Waals surface area (Å²) in [6.07, 6.45) is 1.21. The van der Waals surface area contributed by atoms with Gasteiger partial charge in [-0.15, -0.1) is 0 Å². The summed E-state index contributed by atoms with van der Waals surface area (Å²) in [4.78, 5) is 0.339. The zero-order chi connectivity index (χ0) is 12.3. The second-order valence-corrected chi connectivity index (χ2v) is 5.93. The Morgan fingerprint density at radius 1 is 1.44 bits per heavy atom. The largest absolute Gasteiger partial charge is 0.310 e. The van der Waals surface area contributed by atoms with Gasteiger partial charge in [0.25, 0.3) is 0 Å². The Labute approximate surface area is 97.1 Å². The van der Waals surface area contributed by atoms with Crippen molar-refractivity contribution in [3.8, 4) is 0 Å². The van der Waals surface area contributed by atoms with E-state index in [1.54, 1.807) is 18.2 Å². The maximum absolute atomic E-state index is 11.4. The van der Waals surface area contributed by atoms with Crippen molar-refractivity contribution in [3.63, 3.8) is 0 Å². The Balaban J connectivity index is 3.22. The molecule has 1 aromatic rings. The second-order valence-electron chi connectivity index (χ2n) is 3.91. The molecular formula is C12H17NO2S. The molecule has 4 heteroatoms. The topological polar surface area (TPSA) is 46.2 Å². The van der Waals surface area contributed by atoms with Crippen LogP contribution in [0.5, 0.6) is 0 Å². The van der Waals surface area contributed by atoms with Crippen molar-refractivity contribution in [1.82, 2.24) is 5.32 Å². The quantitative estimate of drug-likeness (QED) is 0.817. The smallest absolute Gasteiger partial charge is 0.175 e. The van der Waals surface area contributed by atoms with Gasteiger partial charge in [-0.1, -0.05) is 24.3 Å². The van der Waals surface area contributed by atoms with E-state index in [1.807, 2.05) is 20.0 Å². The van der Waals surface area contributed by atoms with Crippen LogP contribution >= 0.6 is 0 Å². The van der Waals surface area contributed by atoms with Crippen LogP contribution in [0.2, 0.25) is 0 Å². The van der Waals surface area contributed by atoms with Crippen molar-refractivity contribution < 1.29 is 8.42 Å². The molecule has 0 bridgehead atoms. The highest BCUT2D eigenvalue weighted by Gasteiger charge is 2.13. The number of hydrogen-bond acceptors (Lipinski definition) is 3. The van der Waals surface area contributed by atoms with Gasteiger partial charge in [-0.2, -0.15) is 0 Å². The molecule has 0 aliphatic rings. The standard InChI is InChI=1S/C12H17NO2S/c1-9(2)12(13-3)10-6-5-7-11(8-10)16(4,14)15/h5-8,12-13H,1H2,2-4H3. The van der Waals surface area contributed by atoms with Crippen molar-refractivity contribution in [2.24, 2.45) is 0 Å². The number of hydrogen-bond donors (Lipinski definition) is 1. The van der Waals surface area contributed by atoms with Gasteiger partial charge in [0, 0.05) is 6.26 Å². The monoisotopic (exact) mass is 239 g/mol. The van der Waals surface area contributed by atoms with E-state index in [-0.39, 0.29) is 6.04 Å². The Kier molecular flexibility index (Phi) is 3.88. The van der Waals surface area contributed by atoms with Crippen molar-refractivity contribution >= 4 is 9.84 Å². The minimum absolute atomic E-state index is 0.0123. The molecule has 0 aliphatic carbocycles. The van der Waals surface area contributed by atoms with E-state index in [4.69, 9.17) is 0 Å². The maximum Gasteiger partial charge on any atom is 0.175 e. The van der Waals surface area contributed by atoms with E-state index in [1.165, 1.54) is 6.26 Å². The number of sulfone groups is 1. The summed E-state index contributed by atoms with van der Waals surface area (Å²) < 4.78 is 22.8. The zero-order valence-electron chi connectivity index (χ0n) is 9.82. The molecule has 1 rings (SSSR count). The summed E-state index contributed by atoms with van der Waals surface area (Å²) in [5.41, 5.74) is 1.87. The summed E-state index contributed by atoms with van der Waals surface area (Å²) in [6.45, 7) is 5.79. The first-order valence-corrected chi connectivity index (χ1v) is 6.88. The Morgan fingerprint density at radius 2 is 2.06 bits per heavy atom. The van der Waals surface area contributed by atoms with Crippen LogP contribution in [0.25, 0.3) is 0 Å². The van der Waals surface area contributed by atoms with Gasteiger partial charge in [0.2, 0.25) is 0 Å². The van der Waals surface area contributed by atoms with Crippen LogP contribution in [-0.2, 0) is 9.84 Å². The zero-order valence-corrected chi connectivity index (χ0v) is 10.6. The summed E-state index contributed by atoms with van der Waals surface area (Å²) in [5.74, 6) is 0. The highest BCUT2D eigenvalue weighted by molar-refractivity contribution is 7.90. The molecule has 1 atom stereocenters. The molecule has 0 radical (unpaired) electrons. The lowest BCUT2D eigenvalue weighted by atomic mass is 10.0. The van der Waals surface area contributed by atoms with E-state index in [0.29, 0.717) is 4.90 Å². The van der Waals surface area contributed by atoms with Gasteiger partial charge in [0.15, 0.2) is 9.84 Å². The van der Waals surface area contributed by atoms with E-state index in [0.717, 1.165) is 11.1 Å². The fourth-order valence-corrected chi connectivity index (χ4v) is 2.30. The molecule has 3 nitrogen and oxygen atoms in total. The summed E-state index contributed by atoms with van der Waals surface area (Å²) in [6, 6.07) is 6.92. The first-order chi connectivity index (χ1) is 7.36. The van der Waals surface area contributed by atoms with Gasteiger partial charge in [-0.05, 0) is 31.7 Å². The van der Waals surface area contributed by atoms with Crippen LogP contribution in [0.1, 0.15) is 18.5 Å². The van der Waals surface area contributed by atoms with E-state index in [2.05, 4.69) is 11.9 Å². The van der Waals surface area contributed by atoms with E-state index in [9.17, 15) is 8.42 Å². The van der Waals surface area contributed by atoms with Crippen molar-refractivity contribution in [2.45, 2.75) is 17.9 Å². The molecule has 0 amide bonds. The Bertz CT molecular complexity index is 491.